The van der Waals surface area contributed by atoms with Gasteiger partial charge in [-0.25, -0.2) is 0 Å². The number of piperazine rings is 1. The van der Waals surface area contributed by atoms with Gasteiger partial charge in [0.25, 0.3) is 0 Å². The first-order valence-corrected chi connectivity index (χ1v) is 9.06. The largest absolute Gasteiger partial charge is 0.367 e. The van der Waals surface area contributed by atoms with E-state index in [0.29, 0.717) is 12.1 Å². The van der Waals surface area contributed by atoms with Crippen LogP contribution >= 0.6 is 0 Å². The Morgan fingerprint density at radius 3 is 2.50 bits per heavy atom. The van der Waals surface area contributed by atoms with Crippen molar-refractivity contribution < 1.29 is 0 Å². The Hall–Kier alpha value is -1.72. The van der Waals surface area contributed by atoms with E-state index in [1.807, 2.05) is 19.2 Å². The maximum Gasteiger partial charge on any atom is 0.0910 e. The van der Waals surface area contributed by atoms with Crippen molar-refractivity contribution in [3.63, 3.8) is 0 Å². The molecule has 0 aromatic carbocycles. The molecule has 4 heterocycles. The van der Waals surface area contributed by atoms with Crippen LogP contribution in [0.25, 0.3) is 11.0 Å². The van der Waals surface area contributed by atoms with Gasteiger partial charge >= 0.3 is 0 Å². The van der Waals surface area contributed by atoms with Crippen LogP contribution in [0.2, 0.25) is 0 Å². The summed E-state index contributed by atoms with van der Waals surface area (Å²) in [4.78, 5) is 16.8. The number of aromatic nitrogens is 2. The van der Waals surface area contributed by atoms with Gasteiger partial charge in [0.2, 0.25) is 0 Å². The standard InChI is InChI=1S/C19H27N5/c1-14(2)22-6-8-23(9-7-22)17-12-24(13-17)16-10-19-18(20-11-16)5-4-15(3)21-19/h4-5,10-11,14,17H,6-9,12-13H2,1-3H3. The maximum atomic E-state index is 4.61. The van der Waals surface area contributed by atoms with Gasteiger partial charge in [-0.2, -0.15) is 0 Å². The van der Waals surface area contributed by atoms with Crippen molar-refractivity contribution in [2.45, 2.75) is 32.9 Å². The zero-order valence-electron chi connectivity index (χ0n) is 14.9. The molecule has 0 radical (unpaired) electrons. The summed E-state index contributed by atoms with van der Waals surface area (Å²) in [5.41, 5.74) is 4.23. The highest BCUT2D eigenvalue weighted by molar-refractivity contribution is 5.78. The Kier molecular flexibility index (Phi) is 4.14. The number of fused-ring (bicyclic) bond motifs is 1. The van der Waals surface area contributed by atoms with Gasteiger partial charge in [-0.1, -0.05) is 0 Å². The summed E-state index contributed by atoms with van der Waals surface area (Å²) < 4.78 is 0. The first-order chi connectivity index (χ1) is 11.6. The molecule has 0 aliphatic carbocycles. The second-order valence-corrected chi connectivity index (χ2v) is 7.41. The predicted octanol–water partition coefficient (Wildman–Crippen LogP) is 2.15. The number of aryl methyl sites for hydroxylation is 1. The molecule has 2 saturated heterocycles. The van der Waals surface area contributed by atoms with Gasteiger partial charge in [-0.05, 0) is 39.0 Å². The van der Waals surface area contributed by atoms with Crippen molar-refractivity contribution in [3.8, 4) is 0 Å². The molecule has 5 heteroatoms. The number of anilines is 1. The highest BCUT2D eigenvalue weighted by atomic mass is 15.4. The molecule has 4 rings (SSSR count). The molecule has 0 atom stereocenters. The van der Waals surface area contributed by atoms with E-state index in [-0.39, 0.29) is 0 Å². The zero-order chi connectivity index (χ0) is 16.7. The molecule has 128 valence electrons. The number of pyridine rings is 2. The van der Waals surface area contributed by atoms with Gasteiger partial charge in [-0.15, -0.1) is 0 Å². The van der Waals surface area contributed by atoms with E-state index in [9.17, 15) is 0 Å². The third-order valence-corrected chi connectivity index (χ3v) is 5.49. The smallest absolute Gasteiger partial charge is 0.0910 e. The molecule has 0 saturated carbocycles. The van der Waals surface area contributed by atoms with Crippen LogP contribution in [0.1, 0.15) is 19.5 Å². The SMILES string of the molecule is Cc1ccc2ncc(N3CC(N4CCN(C(C)C)CC4)C3)cc2n1. The number of nitrogens with zero attached hydrogens (tertiary/aromatic N) is 5. The summed E-state index contributed by atoms with van der Waals surface area (Å²) in [5, 5.41) is 0. The maximum absolute atomic E-state index is 4.61. The molecule has 0 unspecified atom stereocenters. The number of rotatable bonds is 3. The Labute approximate surface area is 144 Å². The summed E-state index contributed by atoms with van der Waals surface area (Å²) >= 11 is 0. The molecular formula is C19H27N5. The number of hydrogen-bond donors (Lipinski definition) is 0. The monoisotopic (exact) mass is 325 g/mol. The number of hydrogen-bond acceptors (Lipinski definition) is 5. The Morgan fingerprint density at radius 1 is 1.04 bits per heavy atom. The molecule has 2 aromatic rings. The zero-order valence-corrected chi connectivity index (χ0v) is 14.9. The lowest BCUT2D eigenvalue weighted by molar-refractivity contribution is 0.0678. The highest BCUT2D eigenvalue weighted by Gasteiger charge is 2.34. The van der Waals surface area contributed by atoms with Crippen molar-refractivity contribution in [2.24, 2.45) is 0 Å². The van der Waals surface area contributed by atoms with Crippen LogP contribution in [0.15, 0.2) is 24.4 Å². The van der Waals surface area contributed by atoms with E-state index in [0.717, 1.165) is 29.8 Å². The van der Waals surface area contributed by atoms with Gasteiger partial charge in [0.05, 0.1) is 22.9 Å². The van der Waals surface area contributed by atoms with Gasteiger partial charge in [-0.3, -0.25) is 19.8 Å². The molecule has 0 amide bonds. The van der Waals surface area contributed by atoms with Crippen molar-refractivity contribution in [2.75, 3.05) is 44.2 Å². The van der Waals surface area contributed by atoms with E-state index in [2.05, 4.69) is 50.6 Å². The van der Waals surface area contributed by atoms with Crippen LogP contribution in [-0.4, -0.2) is 71.1 Å². The fraction of sp³-hybridized carbons (Fsp3) is 0.579. The van der Waals surface area contributed by atoms with Gasteiger partial charge < -0.3 is 4.90 Å². The van der Waals surface area contributed by atoms with E-state index < -0.39 is 0 Å². The minimum Gasteiger partial charge on any atom is -0.367 e. The fourth-order valence-electron chi connectivity index (χ4n) is 3.79. The van der Waals surface area contributed by atoms with E-state index >= 15 is 0 Å². The first kappa shape index (κ1) is 15.8. The van der Waals surface area contributed by atoms with Crippen LogP contribution < -0.4 is 4.90 Å². The molecule has 2 fully saturated rings. The van der Waals surface area contributed by atoms with E-state index in [1.54, 1.807) is 0 Å². The minimum atomic E-state index is 0.671. The second kappa shape index (κ2) is 6.30. The summed E-state index contributed by atoms with van der Waals surface area (Å²) in [6.45, 7) is 13.7. The van der Waals surface area contributed by atoms with E-state index in [4.69, 9.17) is 0 Å². The third kappa shape index (κ3) is 2.98. The van der Waals surface area contributed by atoms with Gasteiger partial charge in [0.15, 0.2) is 0 Å². The second-order valence-electron chi connectivity index (χ2n) is 7.41. The first-order valence-electron chi connectivity index (χ1n) is 9.06. The summed E-state index contributed by atoms with van der Waals surface area (Å²) in [7, 11) is 0. The summed E-state index contributed by atoms with van der Waals surface area (Å²) in [6, 6.07) is 7.62. The molecule has 5 nitrogen and oxygen atoms in total. The molecule has 0 spiro atoms. The molecule has 0 N–H and O–H groups in total. The topological polar surface area (TPSA) is 35.5 Å². The molecule has 24 heavy (non-hydrogen) atoms. The highest BCUT2D eigenvalue weighted by Crippen LogP contribution is 2.26. The van der Waals surface area contributed by atoms with Crippen LogP contribution in [0, 0.1) is 6.92 Å². The normalized spacial score (nSPS) is 20.8. The lowest BCUT2D eigenvalue weighted by Gasteiger charge is -2.49. The molecule has 2 aromatic heterocycles. The lowest BCUT2D eigenvalue weighted by Crippen LogP contribution is -2.63. The Morgan fingerprint density at radius 2 is 1.79 bits per heavy atom. The predicted molar refractivity (Wildman–Crippen MR) is 98.6 cm³/mol. The molecular weight excluding hydrogens is 298 g/mol. The molecule has 2 aliphatic heterocycles. The van der Waals surface area contributed by atoms with Crippen LogP contribution in [-0.2, 0) is 0 Å². The average molecular weight is 325 g/mol. The Balaban J connectivity index is 1.37. The third-order valence-electron chi connectivity index (χ3n) is 5.49. The minimum absolute atomic E-state index is 0.671. The quantitative estimate of drug-likeness (QED) is 0.864. The molecule has 2 aliphatic rings. The summed E-state index contributed by atoms with van der Waals surface area (Å²) in [6.07, 6.45) is 1.99. The Bertz CT molecular complexity index is 715. The summed E-state index contributed by atoms with van der Waals surface area (Å²) in [5.74, 6) is 0. The van der Waals surface area contributed by atoms with Crippen LogP contribution in [0.4, 0.5) is 5.69 Å². The van der Waals surface area contributed by atoms with Gasteiger partial charge in [0.1, 0.15) is 0 Å². The van der Waals surface area contributed by atoms with Crippen LogP contribution in [0.5, 0.6) is 0 Å². The van der Waals surface area contributed by atoms with Crippen molar-refractivity contribution in [1.82, 2.24) is 19.8 Å². The average Bonchev–Trinajstić information content (AvgIpc) is 2.53. The van der Waals surface area contributed by atoms with Gasteiger partial charge in [0, 0.05) is 57.0 Å². The van der Waals surface area contributed by atoms with E-state index in [1.165, 1.54) is 31.9 Å². The van der Waals surface area contributed by atoms with Crippen molar-refractivity contribution in [1.29, 1.82) is 0 Å². The van der Waals surface area contributed by atoms with Crippen LogP contribution in [0.3, 0.4) is 0 Å². The fourth-order valence-corrected chi connectivity index (χ4v) is 3.79. The molecule has 0 bridgehead atoms. The lowest BCUT2D eigenvalue weighted by atomic mass is 10.0. The van der Waals surface area contributed by atoms with Crippen molar-refractivity contribution in [3.05, 3.63) is 30.1 Å². The van der Waals surface area contributed by atoms with Crippen molar-refractivity contribution >= 4 is 16.7 Å².